The number of hydrogen-bond acceptors (Lipinski definition) is 3. The van der Waals surface area contributed by atoms with E-state index in [1.807, 2.05) is 0 Å². The quantitative estimate of drug-likeness (QED) is 0.760. The van der Waals surface area contributed by atoms with Crippen molar-refractivity contribution in [3.05, 3.63) is 52.0 Å². The van der Waals surface area contributed by atoms with Crippen molar-refractivity contribution in [2.75, 3.05) is 7.11 Å². The summed E-state index contributed by atoms with van der Waals surface area (Å²) in [5.41, 5.74) is 5.75. The van der Waals surface area contributed by atoms with Crippen molar-refractivity contribution in [2.45, 2.75) is 12.8 Å². The summed E-state index contributed by atoms with van der Waals surface area (Å²) in [6, 6.07) is 6.17. The Morgan fingerprint density at radius 2 is 2.04 bits per heavy atom. The Morgan fingerprint density at radius 1 is 1.29 bits per heavy atom. The molecule has 1 aromatic heterocycles. The summed E-state index contributed by atoms with van der Waals surface area (Å²) in [7, 11) is 3.11. The van der Waals surface area contributed by atoms with Crippen LogP contribution >= 0.6 is 15.9 Å². The van der Waals surface area contributed by atoms with Crippen LogP contribution < -0.4 is 15.6 Å². The van der Waals surface area contributed by atoms with E-state index in [4.69, 9.17) is 4.74 Å². The molecule has 2 rings (SSSR count). The number of benzene rings is 1. The molecule has 0 saturated heterocycles. The number of carbonyl (C=O) groups excluding carboxylic acids is 2. The van der Waals surface area contributed by atoms with Crippen molar-refractivity contribution in [1.29, 1.82) is 0 Å². The van der Waals surface area contributed by atoms with Crippen LogP contribution in [0.2, 0.25) is 0 Å². The summed E-state index contributed by atoms with van der Waals surface area (Å²) in [6.07, 6.45) is 2.19. The Kier molecular flexibility index (Phi) is 5.97. The Hall–Kier alpha value is -2.35. The highest BCUT2D eigenvalue weighted by atomic mass is 79.9. The van der Waals surface area contributed by atoms with E-state index < -0.39 is 11.7 Å². The van der Waals surface area contributed by atoms with E-state index in [2.05, 4.69) is 26.8 Å². The third kappa shape index (κ3) is 4.58. The number of ether oxygens (including phenoxy) is 1. The molecule has 2 N–H and O–H groups in total. The Labute approximate surface area is 147 Å². The molecule has 24 heavy (non-hydrogen) atoms. The fourth-order valence-electron chi connectivity index (χ4n) is 2.13. The summed E-state index contributed by atoms with van der Waals surface area (Å²) >= 11 is 3.27. The second-order valence-electron chi connectivity index (χ2n) is 5.13. The van der Waals surface area contributed by atoms with Gasteiger partial charge in [-0.05, 0) is 46.1 Å². The first-order valence-corrected chi connectivity index (χ1v) is 7.93. The number of aryl methyl sites for hydroxylation is 2. The summed E-state index contributed by atoms with van der Waals surface area (Å²) in [5.74, 6) is -1.11. The maximum absolute atomic E-state index is 13.6. The lowest BCUT2D eigenvalue weighted by molar-refractivity contribution is -0.121. The molecule has 0 fully saturated rings. The predicted octanol–water partition coefficient (Wildman–Crippen LogP) is 2.33. The lowest BCUT2D eigenvalue weighted by Gasteiger charge is -2.08. The summed E-state index contributed by atoms with van der Waals surface area (Å²) in [5, 5.41) is 0. The van der Waals surface area contributed by atoms with Gasteiger partial charge in [0.25, 0.3) is 5.91 Å². The van der Waals surface area contributed by atoms with Gasteiger partial charge in [0.2, 0.25) is 5.91 Å². The van der Waals surface area contributed by atoms with E-state index in [1.165, 1.54) is 19.2 Å². The van der Waals surface area contributed by atoms with Crippen molar-refractivity contribution in [1.82, 2.24) is 15.4 Å². The molecule has 0 spiro atoms. The SMILES string of the molecule is COc1ccc(CCC(=O)NNC(=O)c2cc(Br)cn2C)cc1F. The molecule has 0 unspecified atom stereocenters. The van der Waals surface area contributed by atoms with Gasteiger partial charge in [0.15, 0.2) is 11.6 Å². The summed E-state index contributed by atoms with van der Waals surface area (Å²) in [4.78, 5) is 23.7. The zero-order chi connectivity index (χ0) is 17.7. The van der Waals surface area contributed by atoms with Gasteiger partial charge in [-0.1, -0.05) is 6.07 Å². The molecule has 8 heteroatoms. The number of halogens is 2. The lowest BCUT2D eigenvalue weighted by atomic mass is 10.1. The molecule has 1 heterocycles. The molecule has 1 aromatic carbocycles. The number of hydrogen-bond donors (Lipinski definition) is 2. The molecule has 128 valence electrons. The van der Waals surface area contributed by atoms with Crippen LogP contribution in [0.5, 0.6) is 5.75 Å². The van der Waals surface area contributed by atoms with Crippen LogP contribution in [0.25, 0.3) is 0 Å². The average Bonchev–Trinajstić information content (AvgIpc) is 2.89. The maximum Gasteiger partial charge on any atom is 0.286 e. The second kappa shape index (κ2) is 7.96. The Bertz CT molecular complexity index is 761. The molecule has 0 atom stereocenters. The van der Waals surface area contributed by atoms with Crippen LogP contribution in [0, 0.1) is 5.82 Å². The highest BCUT2D eigenvalue weighted by Gasteiger charge is 2.12. The van der Waals surface area contributed by atoms with E-state index in [0.29, 0.717) is 17.7 Å². The standard InChI is InChI=1S/C16H17BrFN3O3/c1-21-9-11(17)8-13(21)16(23)20-19-15(22)6-4-10-3-5-14(24-2)12(18)7-10/h3,5,7-9H,4,6H2,1-2H3,(H,19,22)(H,20,23). The molecule has 2 aromatic rings. The first kappa shape index (κ1) is 18.0. The molecule has 0 aliphatic carbocycles. The van der Waals surface area contributed by atoms with E-state index in [9.17, 15) is 14.0 Å². The zero-order valence-corrected chi connectivity index (χ0v) is 14.8. The average molecular weight is 398 g/mol. The molecule has 0 aliphatic heterocycles. The van der Waals surface area contributed by atoms with Crippen molar-refractivity contribution in [3.8, 4) is 5.75 Å². The topological polar surface area (TPSA) is 72.4 Å². The number of aromatic nitrogens is 1. The molecule has 2 amide bonds. The van der Waals surface area contributed by atoms with Gasteiger partial charge in [0, 0.05) is 24.1 Å². The largest absolute Gasteiger partial charge is 0.494 e. The minimum Gasteiger partial charge on any atom is -0.494 e. The lowest BCUT2D eigenvalue weighted by Crippen LogP contribution is -2.42. The van der Waals surface area contributed by atoms with Gasteiger partial charge in [-0.25, -0.2) is 4.39 Å². The Morgan fingerprint density at radius 3 is 2.62 bits per heavy atom. The fraction of sp³-hybridized carbons (Fsp3) is 0.250. The van der Waals surface area contributed by atoms with E-state index in [-0.39, 0.29) is 18.1 Å². The summed E-state index contributed by atoms with van der Waals surface area (Å²) < 4.78 is 20.8. The zero-order valence-electron chi connectivity index (χ0n) is 13.2. The van der Waals surface area contributed by atoms with Gasteiger partial charge >= 0.3 is 0 Å². The monoisotopic (exact) mass is 397 g/mol. The molecule has 0 aliphatic rings. The number of carbonyl (C=O) groups is 2. The maximum atomic E-state index is 13.6. The van der Waals surface area contributed by atoms with Gasteiger partial charge in [-0.2, -0.15) is 0 Å². The van der Waals surface area contributed by atoms with Crippen LogP contribution in [-0.4, -0.2) is 23.5 Å². The van der Waals surface area contributed by atoms with Crippen LogP contribution in [-0.2, 0) is 18.3 Å². The first-order valence-electron chi connectivity index (χ1n) is 7.14. The van der Waals surface area contributed by atoms with Gasteiger partial charge in [-0.3, -0.25) is 20.4 Å². The van der Waals surface area contributed by atoms with Gasteiger partial charge in [0.05, 0.1) is 7.11 Å². The normalized spacial score (nSPS) is 10.3. The number of hydrazine groups is 1. The number of methoxy groups -OCH3 is 1. The fourth-order valence-corrected chi connectivity index (χ4v) is 2.65. The predicted molar refractivity (Wildman–Crippen MR) is 90.0 cm³/mol. The van der Waals surface area contributed by atoms with Crippen LogP contribution in [0.3, 0.4) is 0 Å². The highest BCUT2D eigenvalue weighted by Crippen LogP contribution is 2.18. The van der Waals surface area contributed by atoms with Gasteiger partial charge in [-0.15, -0.1) is 0 Å². The third-order valence-corrected chi connectivity index (χ3v) is 3.81. The molecule has 6 nitrogen and oxygen atoms in total. The van der Waals surface area contributed by atoms with Crippen molar-refractivity contribution in [3.63, 3.8) is 0 Å². The highest BCUT2D eigenvalue weighted by molar-refractivity contribution is 9.10. The number of rotatable bonds is 5. The van der Waals surface area contributed by atoms with E-state index in [0.717, 1.165) is 4.47 Å². The smallest absolute Gasteiger partial charge is 0.286 e. The molecular formula is C16H17BrFN3O3. The summed E-state index contributed by atoms with van der Waals surface area (Å²) in [6.45, 7) is 0. The first-order chi connectivity index (χ1) is 11.4. The van der Waals surface area contributed by atoms with Crippen LogP contribution in [0.4, 0.5) is 4.39 Å². The Balaban J connectivity index is 1.82. The van der Waals surface area contributed by atoms with Crippen LogP contribution in [0.15, 0.2) is 34.9 Å². The van der Waals surface area contributed by atoms with Gasteiger partial charge in [0.1, 0.15) is 5.69 Å². The minimum absolute atomic E-state index is 0.114. The van der Waals surface area contributed by atoms with Crippen molar-refractivity contribution in [2.24, 2.45) is 7.05 Å². The molecule has 0 bridgehead atoms. The molecule has 0 saturated carbocycles. The van der Waals surface area contributed by atoms with E-state index >= 15 is 0 Å². The number of amides is 2. The number of nitrogens with zero attached hydrogens (tertiary/aromatic N) is 1. The molecule has 0 radical (unpaired) electrons. The van der Waals surface area contributed by atoms with E-state index in [1.54, 1.807) is 29.9 Å². The third-order valence-electron chi connectivity index (χ3n) is 3.38. The van der Waals surface area contributed by atoms with Crippen molar-refractivity contribution < 1.29 is 18.7 Å². The minimum atomic E-state index is -0.474. The molecular weight excluding hydrogens is 381 g/mol. The number of nitrogens with one attached hydrogen (secondary N) is 2. The second-order valence-corrected chi connectivity index (χ2v) is 6.04. The van der Waals surface area contributed by atoms with Crippen molar-refractivity contribution >= 4 is 27.7 Å². The van der Waals surface area contributed by atoms with Crippen LogP contribution in [0.1, 0.15) is 22.5 Å². The van der Waals surface area contributed by atoms with Gasteiger partial charge < -0.3 is 9.30 Å².